The molecule has 31 heavy (non-hydrogen) atoms. The van der Waals surface area contributed by atoms with Gasteiger partial charge in [0.05, 0.1) is 6.61 Å². The number of hydrogen-bond donors (Lipinski definition) is 1. The smallest absolute Gasteiger partial charge is 0.108 e. The van der Waals surface area contributed by atoms with Crippen LogP contribution in [-0.2, 0) is 15.6 Å². The number of rotatable bonds is 3. The first-order valence-electron chi connectivity index (χ1n) is 10.6. The van der Waals surface area contributed by atoms with Gasteiger partial charge in [-0.1, -0.05) is 95.6 Å². The van der Waals surface area contributed by atoms with Crippen molar-refractivity contribution in [3.8, 4) is 23.7 Å². The highest BCUT2D eigenvalue weighted by molar-refractivity contribution is 5.38. The standard InChI is InChI=1S/C16H20O.C13H16O/c1-5-12-17-13-6-7-14-8-10-15(11-9-14)16(2,3)4;1-13(2,3)12-8-6-11(7-9-12)5-4-10-14/h5,8-11H,1,12-13H2,2-4H3;6-9,14H,10H2,1-3H3. The number of aliphatic hydroxyl groups is 1. The first kappa shape index (κ1) is 26.3. The van der Waals surface area contributed by atoms with Crippen molar-refractivity contribution in [1.29, 1.82) is 0 Å². The molecule has 0 unspecified atom stereocenters. The van der Waals surface area contributed by atoms with Gasteiger partial charge < -0.3 is 9.84 Å². The van der Waals surface area contributed by atoms with Crippen molar-refractivity contribution in [3.05, 3.63) is 83.4 Å². The highest BCUT2D eigenvalue weighted by Crippen LogP contribution is 2.22. The third kappa shape index (κ3) is 10.7. The van der Waals surface area contributed by atoms with Gasteiger partial charge in [-0.15, -0.1) is 6.58 Å². The Morgan fingerprint density at radius 2 is 1.19 bits per heavy atom. The normalized spacial score (nSPS) is 10.5. The van der Waals surface area contributed by atoms with E-state index in [9.17, 15) is 0 Å². The van der Waals surface area contributed by atoms with Crippen LogP contribution in [0.2, 0.25) is 0 Å². The molecule has 0 saturated heterocycles. The van der Waals surface area contributed by atoms with Gasteiger partial charge in [0.1, 0.15) is 13.2 Å². The number of ether oxygens (including phenoxy) is 1. The molecule has 2 aromatic carbocycles. The van der Waals surface area contributed by atoms with E-state index in [4.69, 9.17) is 9.84 Å². The summed E-state index contributed by atoms with van der Waals surface area (Å²) in [4.78, 5) is 0. The molecule has 0 heterocycles. The van der Waals surface area contributed by atoms with Gasteiger partial charge in [-0.3, -0.25) is 0 Å². The SMILES string of the molecule is C=CCOCC#Cc1ccc(C(C)(C)C)cc1.CC(C)(C)c1ccc(C#CCO)cc1. The zero-order valence-corrected chi connectivity index (χ0v) is 19.9. The molecule has 2 nitrogen and oxygen atoms in total. The zero-order chi connectivity index (χ0) is 23.3. The molecule has 0 spiro atoms. The van der Waals surface area contributed by atoms with Gasteiger partial charge in [-0.25, -0.2) is 0 Å². The average molecular weight is 417 g/mol. The van der Waals surface area contributed by atoms with E-state index in [0.29, 0.717) is 13.2 Å². The summed E-state index contributed by atoms with van der Waals surface area (Å²) in [6.45, 7) is 17.7. The molecule has 0 bridgehead atoms. The lowest BCUT2D eigenvalue weighted by molar-refractivity contribution is 0.199. The van der Waals surface area contributed by atoms with Crippen LogP contribution in [0.3, 0.4) is 0 Å². The van der Waals surface area contributed by atoms with Crippen molar-refractivity contribution in [3.63, 3.8) is 0 Å². The van der Waals surface area contributed by atoms with Crippen LogP contribution < -0.4 is 0 Å². The molecule has 164 valence electrons. The molecule has 2 rings (SSSR count). The lowest BCUT2D eigenvalue weighted by Gasteiger charge is -2.18. The number of benzene rings is 2. The molecule has 0 aliphatic rings. The summed E-state index contributed by atoms with van der Waals surface area (Å²) in [5.41, 5.74) is 4.98. The number of aliphatic hydroxyl groups excluding tert-OH is 1. The largest absolute Gasteiger partial charge is 0.384 e. The molecule has 0 saturated carbocycles. The summed E-state index contributed by atoms with van der Waals surface area (Å²) in [5, 5.41) is 8.54. The first-order chi connectivity index (χ1) is 14.6. The maximum atomic E-state index is 8.54. The van der Waals surface area contributed by atoms with E-state index in [1.807, 2.05) is 12.1 Å². The Kier molecular flexibility index (Phi) is 10.8. The van der Waals surface area contributed by atoms with Crippen LogP contribution >= 0.6 is 0 Å². The van der Waals surface area contributed by atoms with E-state index in [1.54, 1.807) is 6.08 Å². The molecule has 0 fully saturated rings. The van der Waals surface area contributed by atoms with Crippen molar-refractivity contribution < 1.29 is 9.84 Å². The van der Waals surface area contributed by atoms with E-state index in [2.05, 4.69) is 108 Å². The summed E-state index contributed by atoms with van der Waals surface area (Å²) < 4.78 is 5.19. The average Bonchev–Trinajstić information content (AvgIpc) is 2.72. The molecular weight excluding hydrogens is 380 g/mol. The van der Waals surface area contributed by atoms with Crippen molar-refractivity contribution in [1.82, 2.24) is 0 Å². The summed E-state index contributed by atoms with van der Waals surface area (Å²) >= 11 is 0. The predicted molar refractivity (Wildman–Crippen MR) is 132 cm³/mol. The molecular formula is C29H36O2. The molecule has 0 radical (unpaired) electrons. The monoisotopic (exact) mass is 416 g/mol. The van der Waals surface area contributed by atoms with E-state index in [0.717, 1.165) is 11.1 Å². The van der Waals surface area contributed by atoms with Crippen molar-refractivity contribution in [2.24, 2.45) is 0 Å². The van der Waals surface area contributed by atoms with Crippen molar-refractivity contribution >= 4 is 0 Å². The molecule has 0 atom stereocenters. The Balaban J connectivity index is 0.000000316. The Bertz CT molecular complexity index is 914. The fraction of sp³-hybridized carbons (Fsp3) is 0.379. The van der Waals surface area contributed by atoms with Crippen LogP contribution in [0.5, 0.6) is 0 Å². The van der Waals surface area contributed by atoms with Crippen LogP contribution in [0.15, 0.2) is 61.2 Å². The minimum Gasteiger partial charge on any atom is -0.384 e. The third-order valence-corrected chi connectivity index (χ3v) is 4.46. The maximum absolute atomic E-state index is 8.54. The van der Waals surface area contributed by atoms with Gasteiger partial charge in [0.2, 0.25) is 0 Å². The van der Waals surface area contributed by atoms with Gasteiger partial charge in [0.15, 0.2) is 0 Å². The second-order valence-electron chi connectivity index (χ2n) is 9.22. The van der Waals surface area contributed by atoms with Crippen LogP contribution in [0.4, 0.5) is 0 Å². The summed E-state index contributed by atoms with van der Waals surface area (Å²) in [5.74, 6) is 11.5. The second-order valence-corrected chi connectivity index (χ2v) is 9.22. The topological polar surface area (TPSA) is 29.5 Å². The highest BCUT2D eigenvalue weighted by atomic mass is 16.5. The Morgan fingerprint density at radius 1 is 0.774 bits per heavy atom. The van der Waals surface area contributed by atoms with Gasteiger partial charge in [0.25, 0.3) is 0 Å². The maximum Gasteiger partial charge on any atom is 0.108 e. The summed E-state index contributed by atoms with van der Waals surface area (Å²) in [6, 6.07) is 16.5. The molecule has 1 N–H and O–H groups in total. The second kappa shape index (κ2) is 12.8. The fourth-order valence-corrected chi connectivity index (χ4v) is 2.58. The Hall–Kier alpha value is -2.78. The van der Waals surface area contributed by atoms with Gasteiger partial charge >= 0.3 is 0 Å². The minimum absolute atomic E-state index is 0.0823. The zero-order valence-electron chi connectivity index (χ0n) is 19.9. The first-order valence-corrected chi connectivity index (χ1v) is 10.6. The van der Waals surface area contributed by atoms with Crippen LogP contribution in [-0.4, -0.2) is 24.9 Å². The van der Waals surface area contributed by atoms with Crippen molar-refractivity contribution in [2.75, 3.05) is 19.8 Å². The van der Waals surface area contributed by atoms with Crippen LogP contribution in [0, 0.1) is 23.7 Å². The Labute approximate surface area is 189 Å². The Morgan fingerprint density at radius 3 is 1.55 bits per heavy atom. The molecule has 0 aromatic heterocycles. The third-order valence-electron chi connectivity index (χ3n) is 4.46. The molecule has 0 aliphatic carbocycles. The number of hydrogen-bond acceptors (Lipinski definition) is 2. The molecule has 0 aliphatic heterocycles. The highest BCUT2D eigenvalue weighted by Gasteiger charge is 2.13. The molecule has 2 heteroatoms. The summed E-state index contributed by atoms with van der Waals surface area (Å²) in [6.07, 6.45) is 1.72. The van der Waals surface area contributed by atoms with E-state index >= 15 is 0 Å². The van der Waals surface area contributed by atoms with Gasteiger partial charge in [-0.05, 0) is 46.2 Å². The lowest BCUT2D eigenvalue weighted by Crippen LogP contribution is -2.10. The molecule has 2 aromatic rings. The van der Waals surface area contributed by atoms with Crippen LogP contribution in [0.25, 0.3) is 0 Å². The lowest BCUT2D eigenvalue weighted by atomic mass is 9.87. The summed E-state index contributed by atoms with van der Waals surface area (Å²) in [7, 11) is 0. The molecule has 0 amide bonds. The van der Waals surface area contributed by atoms with Crippen LogP contribution in [0.1, 0.15) is 63.8 Å². The van der Waals surface area contributed by atoms with Gasteiger partial charge in [-0.2, -0.15) is 0 Å². The van der Waals surface area contributed by atoms with E-state index < -0.39 is 0 Å². The van der Waals surface area contributed by atoms with E-state index in [-0.39, 0.29) is 17.4 Å². The fourth-order valence-electron chi connectivity index (χ4n) is 2.58. The quantitative estimate of drug-likeness (QED) is 0.385. The van der Waals surface area contributed by atoms with E-state index in [1.165, 1.54) is 11.1 Å². The van der Waals surface area contributed by atoms with Gasteiger partial charge in [0, 0.05) is 11.1 Å². The van der Waals surface area contributed by atoms with Crippen molar-refractivity contribution in [2.45, 2.75) is 52.4 Å². The minimum atomic E-state index is -0.0823. The predicted octanol–water partition coefficient (Wildman–Crippen LogP) is 5.87.